The highest BCUT2D eigenvalue weighted by Crippen LogP contribution is 2.31. The Labute approximate surface area is 125 Å². The lowest BCUT2D eigenvalue weighted by Gasteiger charge is -2.13. The highest BCUT2D eigenvalue weighted by molar-refractivity contribution is 9.10. The standard InChI is InChI=1S/C13H9BrF4N2O/c14-9-5-12(11(19)6-10(9)15)20-7-2-1-3-8(4-7)21-13(16,17)18/h1-6,20H,19H2. The Morgan fingerprint density at radius 2 is 1.86 bits per heavy atom. The highest BCUT2D eigenvalue weighted by Gasteiger charge is 2.31. The van der Waals surface area contributed by atoms with Crippen molar-refractivity contribution in [3.05, 3.63) is 46.7 Å². The largest absolute Gasteiger partial charge is 0.573 e. The van der Waals surface area contributed by atoms with Crippen LogP contribution in [0.15, 0.2) is 40.9 Å². The van der Waals surface area contributed by atoms with Crippen molar-refractivity contribution in [3.8, 4) is 5.75 Å². The lowest BCUT2D eigenvalue weighted by Crippen LogP contribution is -2.17. The van der Waals surface area contributed by atoms with Crippen LogP contribution in [0.3, 0.4) is 0 Å². The summed E-state index contributed by atoms with van der Waals surface area (Å²) in [5.74, 6) is -0.903. The van der Waals surface area contributed by atoms with E-state index in [4.69, 9.17) is 5.73 Å². The molecule has 0 radical (unpaired) electrons. The summed E-state index contributed by atoms with van der Waals surface area (Å²) < 4.78 is 53.7. The minimum Gasteiger partial charge on any atom is -0.406 e. The second-order valence-electron chi connectivity index (χ2n) is 4.05. The van der Waals surface area contributed by atoms with Crippen LogP contribution >= 0.6 is 15.9 Å². The normalized spacial score (nSPS) is 11.3. The molecule has 0 aliphatic carbocycles. The Kier molecular flexibility index (Phi) is 4.26. The lowest BCUT2D eigenvalue weighted by molar-refractivity contribution is -0.274. The number of nitrogens with two attached hydrogens (primary N) is 1. The van der Waals surface area contributed by atoms with Gasteiger partial charge in [0.1, 0.15) is 11.6 Å². The van der Waals surface area contributed by atoms with Gasteiger partial charge < -0.3 is 15.8 Å². The van der Waals surface area contributed by atoms with E-state index in [9.17, 15) is 17.6 Å². The smallest absolute Gasteiger partial charge is 0.406 e. The van der Waals surface area contributed by atoms with E-state index in [-0.39, 0.29) is 15.9 Å². The number of benzene rings is 2. The molecule has 2 rings (SSSR count). The van der Waals surface area contributed by atoms with Gasteiger partial charge in [0.15, 0.2) is 0 Å². The molecule has 0 aliphatic heterocycles. The quantitative estimate of drug-likeness (QED) is 0.606. The summed E-state index contributed by atoms with van der Waals surface area (Å²) in [6.45, 7) is 0. The van der Waals surface area contributed by atoms with Crippen LogP contribution in [0.1, 0.15) is 0 Å². The Morgan fingerprint density at radius 3 is 2.52 bits per heavy atom. The van der Waals surface area contributed by atoms with E-state index >= 15 is 0 Å². The zero-order chi connectivity index (χ0) is 15.6. The molecule has 0 bridgehead atoms. The van der Waals surface area contributed by atoms with Crippen LogP contribution in [0.2, 0.25) is 0 Å². The minimum atomic E-state index is -4.77. The van der Waals surface area contributed by atoms with Crippen LogP contribution < -0.4 is 15.8 Å². The van der Waals surface area contributed by atoms with Crippen molar-refractivity contribution in [2.45, 2.75) is 6.36 Å². The summed E-state index contributed by atoms with van der Waals surface area (Å²) in [6, 6.07) is 7.73. The molecule has 0 amide bonds. The molecule has 0 heterocycles. The van der Waals surface area contributed by atoms with Crippen LogP contribution in [0, 0.1) is 5.82 Å². The molecule has 0 atom stereocenters. The van der Waals surface area contributed by atoms with E-state index in [1.807, 2.05) is 0 Å². The van der Waals surface area contributed by atoms with Crippen molar-refractivity contribution in [2.24, 2.45) is 0 Å². The van der Waals surface area contributed by atoms with Gasteiger partial charge >= 0.3 is 6.36 Å². The summed E-state index contributed by atoms with van der Waals surface area (Å²) in [7, 11) is 0. The average Bonchev–Trinajstić information content (AvgIpc) is 2.34. The van der Waals surface area contributed by atoms with E-state index in [1.165, 1.54) is 24.3 Å². The van der Waals surface area contributed by atoms with Gasteiger partial charge in [0.05, 0.1) is 15.8 Å². The molecule has 0 fully saturated rings. The molecular weight excluding hydrogens is 356 g/mol. The van der Waals surface area contributed by atoms with Crippen molar-refractivity contribution in [2.75, 3.05) is 11.1 Å². The number of anilines is 3. The van der Waals surface area contributed by atoms with Crippen LogP contribution in [0.5, 0.6) is 5.75 Å². The predicted molar refractivity (Wildman–Crippen MR) is 74.9 cm³/mol. The first-order chi connectivity index (χ1) is 9.74. The third kappa shape index (κ3) is 4.25. The first kappa shape index (κ1) is 15.4. The molecule has 112 valence electrons. The number of ether oxygens (including phenoxy) is 1. The first-order valence-electron chi connectivity index (χ1n) is 5.62. The first-order valence-corrected chi connectivity index (χ1v) is 6.41. The SMILES string of the molecule is Nc1cc(F)c(Br)cc1Nc1cccc(OC(F)(F)F)c1. The van der Waals surface area contributed by atoms with Gasteiger partial charge in [-0.15, -0.1) is 13.2 Å². The zero-order valence-corrected chi connectivity index (χ0v) is 11.9. The number of nitrogens with one attached hydrogen (secondary N) is 1. The van der Waals surface area contributed by atoms with E-state index < -0.39 is 12.2 Å². The Balaban J connectivity index is 2.24. The number of rotatable bonds is 3. The molecule has 0 aromatic heterocycles. The second-order valence-corrected chi connectivity index (χ2v) is 4.91. The molecule has 0 aliphatic rings. The van der Waals surface area contributed by atoms with Crippen molar-refractivity contribution < 1.29 is 22.3 Å². The van der Waals surface area contributed by atoms with Crippen LogP contribution in [-0.2, 0) is 0 Å². The van der Waals surface area contributed by atoms with Crippen LogP contribution in [-0.4, -0.2) is 6.36 Å². The molecule has 21 heavy (non-hydrogen) atoms. The molecule has 2 aromatic carbocycles. The summed E-state index contributed by atoms with van der Waals surface area (Å²) in [5.41, 5.74) is 6.44. The average molecular weight is 365 g/mol. The second kappa shape index (κ2) is 5.80. The number of halogens is 5. The van der Waals surface area contributed by atoms with E-state index in [0.717, 1.165) is 12.1 Å². The minimum absolute atomic E-state index is 0.123. The maximum absolute atomic E-state index is 13.2. The van der Waals surface area contributed by atoms with Gasteiger partial charge in [-0.3, -0.25) is 0 Å². The molecule has 8 heteroatoms. The summed E-state index contributed by atoms with van der Waals surface area (Å²) in [5, 5.41) is 2.80. The van der Waals surface area contributed by atoms with Crippen molar-refractivity contribution in [1.82, 2.24) is 0 Å². The van der Waals surface area contributed by atoms with E-state index in [1.54, 1.807) is 0 Å². The van der Waals surface area contributed by atoms with Crippen molar-refractivity contribution >= 4 is 33.0 Å². The maximum Gasteiger partial charge on any atom is 0.573 e. The summed E-state index contributed by atoms with van der Waals surface area (Å²) in [4.78, 5) is 0. The van der Waals surface area contributed by atoms with Gasteiger partial charge in [0.25, 0.3) is 0 Å². The van der Waals surface area contributed by atoms with Crippen molar-refractivity contribution in [1.29, 1.82) is 0 Å². The Hall–Kier alpha value is -1.96. The predicted octanol–water partition coefficient (Wildman–Crippen LogP) is 4.81. The Morgan fingerprint density at radius 1 is 1.14 bits per heavy atom. The molecule has 2 aromatic rings. The number of alkyl halides is 3. The van der Waals surface area contributed by atoms with Gasteiger partial charge in [-0.05, 0) is 34.1 Å². The fourth-order valence-electron chi connectivity index (χ4n) is 1.60. The molecule has 0 spiro atoms. The van der Waals surface area contributed by atoms with Crippen LogP contribution in [0.4, 0.5) is 34.6 Å². The molecular formula is C13H9BrF4N2O. The van der Waals surface area contributed by atoms with E-state index in [2.05, 4.69) is 26.0 Å². The number of hydrogen-bond donors (Lipinski definition) is 2. The summed E-state index contributed by atoms with van der Waals surface area (Å²) in [6.07, 6.45) is -4.77. The number of nitrogen functional groups attached to an aromatic ring is 1. The number of hydrogen-bond acceptors (Lipinski definition) is 3. The monoisotopic (exact) mass is 364 g/mol. The van der Waals surface area contributed by atoms with Gasteiger partial charge in [-0.1, -0.05) is 6.07 Å². The van der Waals surface area contributed by atoms with E-state index in [0.29, 0.717) is 11.4 Å². The molecule has 3 N–H and O–H groups in total. The maximum atomic E-state index is 13.2. The molecule has 0 saturated carbocycles. The molecule has 0 unspecified atom stereocenters. The zero-order valence-electron chi connectivity index (χ0n) is 10.3. The topological polar surface area (TPSA) is 47.3 Å². The summed E-state index contributed by atoms with van der Waals surface area (Å²) >= 11 is 3.00. The Bertz CT molecular complexity index is 661. The van der Waals surface area contributed by atoms with Gasteiger partial charge in [0.2, 0.25) is 0 Å². The third-order valence-electron chi connectivity index (χ3n) is 2.44. The lowest BCUT2D eigenvalue weighted by atomic mass is 10.2. The van der Waals surface area contributed by atoms with Crippen LogP contribution in [0.25, 0.3) is 0 Å². The third-order valence-corrected chi connectivity index (χ3v) is 3.05. The van der Waals surface area contributed by atoms with Gasteiger partial charge in [-0.25, -0.2) is 4.39 Å². The van der Waals surface area contributed by atoms with Gasteiger partial charge in [-0.2, -0.15) is 0 Å². The molecule has 3 nitrogen and oxygen atoms in total. The fourth-order valence-corrected chi connectivity index (χ4v) is 1.94. The van der Waals surface area contributed by atoms with Crippen molar-refractivity contribution in [3.63, 3.8) is 0 Å². The highest BCUT2D eigenvalue weighted by atomic mass is 79.9. The molecule has 0 saturated heterocycles. The fraction of sp³-hybridized carbons (Fsp3) is 0.0769. The van der Waals surface area contributed by atoms with Gasteiger partial charge in [0, 0.05) is 17.8 Å².